The summed E-state index contributed by atoms with van der Waals surface area (Å²) in [6, 6.07) is 7.10. The van der Waals surface area contributed by atoms with Crippen molar-refractivity contribution < 1.29 is 13.2 Å². The van der Waals surface area contributed by atoms with Gasteiger partial charge in [0.1, 0.15) is 5.75 Å². The fourth-order valence-corrected chi connectivity index (χ4v) is 4.25. The highest BCUT2D eigenvalue weighted by molar-refractivity contribution is 7.92. The summed E-state index contributed by atoms with van der Waals surface area (Å²) >= 11 is 0. The van der Waals surface area contributed by atoms with Gasteiger partial charge in [-0.2, -0.15) is 0 Å². The van der Waals surface area contributed by atoms with E-state index in [0.717, 1.165) is 18.4 Å². The van der Waals surface area contributed by atoms with Gasteiger partial charge in [-0.25, -0.2) is 8.42 Å². The first-order chi connectivity index (χ1) is 9.51. The normalized spacial score (nSPS) is 16.2. The number of hydrogen-bond donors (Lipinski definition) is 2. The summed E-state index contributed by atoms with van der Waals surface area (Å²) in [7, 11) is -3.33. The molecule has 1 fully saturated rings. The van der Waals surface area contributed by atoms with Crippen LogP contribution in [0.2, 0.25) is 0 Å². The van der Waals surface area contributed by atoms with Crippen LogP contribution in [0.4, 0.5) is 5.69 Å². The lowest BCUT2D eigenvalue weighted by molar-refractivity contribution is -0.113. The van der Waals surface area contributed by atoms with Crippen LogP contribution in [0.1, 0.15) is 31.2 Å². The van der Waals surface area contributed by atoms with Gasteiger partial charge in [-0.15, -0.1) is 0 Å². The molecule has 1 saturated carbocycles. The lowest BCUT2D eigenvalue weighted by Gasteiger charge is -2.11. The van der Waals surface area contributed by atoms with Crippen molar-refractivity contribution >= 4 is 21.4 Å². The third-order valence-electron chi connectivity index (χ3n) is 3.59. The number of carbonyl (C=O) groups is 1. The van der Waals surface area contributed by atoms with E-state index in [2.05, 4.69) is 5.32 Å². The number of anilines is 1. The first kappa shape index (κ1) is 15.0. The zero-order valence-corrected chi connectivity index (χ0v) is 12.2. The Labute approximate surface area is 119 Å². The Bertz CT molecular complexity index is 578. The molecular weight excluding hydrogens is 276 g/mol. The summed E-state index contributed by atoms with van der Waals surface area (Å²) in [6.45, 7) is 0.379. The second kappa shape index (κ2) is 6.37. The van der Waals surface area contributed by atoms with Crippen molar-refractivity contribution in [1.29, 1.82) is 0 Å². The fraction of sp³-hybridized carbons (Fsp3) is 0.500. The van der Waals surface area contributed by atoms with Gasteiger partial charge in [-0.05, 0) is 30.5 Å². The molecule has 1 amide bonds. The highest BCUT2D eigenvalue weighted by Crippen LogP contribution is 2.25. The van der Waals surface area contributed by atoms with Gasteiger partial charge in [0.05, 0.1) is 5.25 Å². The summed E-state index contributed by atoms with van der Waals surface area (Å²) < 4.78 is 24.2. The van der Waals surface area contributed by atoms with Crippen molar-refractivity contribution in [3.8, 4) is 0 Å². The van der Waals surface area contributed by atoms with Crippen LogP contribution >= 0.6 is 0 Å². The predicted octanol–water partition coefficient (Wildman–Crippen LogP) is 1.44. The summed E-state index contributed by atoms with van der Waals surface area (Å²) in [5.41, 5.74) is 7.00. The second-order valence-corrected chi connectivity index (χ2v) is 7.45. The molecule has 0 saturated heterocycles. The highest BCUT2D eigenvalue weighted by Gasteiger charge is 2.30. The molecule has 0 aliphatic heterocycles. The molecule has 0 atom stereocenters. The van der Waals surface area contributed by atoms with Crippen LogP contribution in [0, 0.1) is 0 Å². The Hall–Kier alpha value is -1.40. The monoisotopic (exact) mass is 296 g/mol. The molecule has 1 aliphatic carbocycles. The topological polar surface area (TPSA) is 89.3 Å². The van der Waals surface area contributed by atoms with E-state index >= 15 is 0 Å². The van der Waals surface area contributed by atoms with Crippen molar-refractivity contribution in [3.05, 3.63) is 29.8 Å². The van der Waals surface area contributed by atoms with E-state index in [9.17, 15) is 13.2 Å². The molecule has 0 bridgehead atoms. The average Bonchev–Trinajstić information content (AvgIpc) is 2.92. The predicted molar refractivity (Wildman–Crippen MR) is 79.0 cm³/mol. The van der Waals surface area contributed by atoms with Gasteiger partial charge in [0.15, 0.2) is 9.84 Å². The molecule has 0 spiro atoms. The molecule has 110 valence electrons. The minimum absolute atomic E-state index is 0.344. The smallest absolute Gasteiger partial charge is 0.239 e. The van der Waals surface area contributed by atoms with Crippen LogP contribution in [0.15, 0.2) is 24.3 Å². The molecule has 0 aromatic heterocycles. The van der Waals surface area contributed by atoms with Crippen molar-refractivity contribution in [1.82, 2.24) is 0 Å². The molecule has 1 aliphatic rings. The van der Waals surface area contributed by atoms with E-state index in [1.54, 1.807) is 18.2 Å². The standard InChI is InChI=1S/C14H20N2O3S/c15-9-11-4-3-5-12(8-11)16-14(17)10-20(18,19)13-6-1-2-7-13/h3-5,8,13H,1-2,6-7,9-10,15H2,(H,16,17). The maximum Gasteiger partial charge on any atom is 0.239 e. The molecule has 1 aromatic rings. The molecule has 0 radical (unpaired) electrons. The van der Waals surface area contributed by atoms with E-state index < -0.39 is 21.5 Å². The van der Waals surface area contributed by atoms with Gasteiger partial charge in [0.25, 0.3) is 0 Å². The van der Waals surface area contributed by atoms with Gasteiger partial charge in [0, 0.05) is 12.2 Å². The van der Waals surface area contributed by atoms with E-state index in [-0.39, 0.29) is 5.25 Å². The minimum Gasteiger partial charge on any atom is -0.326 e. The van der Waals surface area contributed by atoms with Crippen LogP contribution in [0.25, 0.3) is 0 Å². The Balaban J connectivity index is 1.98. The largest absolute Gasteiger partial charge is 0.326 e. The average molecular weight is 296 g/mol. The van der Waals surface area contributed by atoms with Crippen LogP contribution in [-0.4, -0.2) is 25.3 Å². The summed E-state index contributed by atoms with van der Waals surface area (Å²) in [5.74, 6) is -0.920. The van der Waals surface area contributed by atoms with E-state index in [0.29, 0.717) is 25.1 Å². The summed E-state index contributed by atoms with van der Waals surface area (Å²) in [4.78, 5) is 11.9. The van der Waals surface area contributed by atoms with Crippen molar-refractivity contribution in [3.63, 3.8) is 0 Å². The lowest BCUT2D eigenvalue weighted by Crippen LogP contribution is -2.29. The highest BCUT2D eigenvalue weighted by atomic mass is 32.2. The molecule has 2 rings (SSSR count). The van der Waals surface area contributed by atoms with Crippen molar-refractivity contribution in [2.24, 2.45) is 5.73 Å². The first-order valence-electron chi connectivity index (χ1n) is 6.82. The van der Waals surface area contributed by atoms with E-state index in [1.807, 2.05) is 6.07 Å². The number of benzene rings is 1. The van der Waals surface area contributed by atoms with E-state index in [1.165, 1.54) is 0 Å². The van der Waals surface area contributed by atoms with Crippen LogP contribution in [0.5, 0.6) is 0 Å². The van der Waals surface area contributed by atoms with Crippen LogP contribution < -0.4 is 11.1 Å². The zero-order chi connectivity index (χ0) is 14.6. The molecule has 0 heterocycles. The Morgan fingerprint density at radius 3 is 2.65 bits per heavy atom. The number of sulfone groups is 1. The van der Waals surface area contributed by atoms with Gasteiger partial charge < -0.3 is 11.1 Å². The molecule has 1 aromatic carbocycles. The summed E-state index contributed by atoms with van der Waals surface area (Å²) in [6.07, 6.45) is 3.23. The van der Waals surface area contributed by atoms with E-state index in [4.69, 9.17) is 5.73 Å². The van der Waals surface area contributed by atoms with Crippen LogP contribution in [0.3, 0.4) is 0 Å². The van der Waals surface area contributed by atoms with Crippen LogP contribution in [-0.2, 0) is 21.2 Å². The Morgan fingerprint density at radius 2 is 2.00 bits per heavy atom. The number of amides is 1. The minimum atomic E-state index is -3.33. The van der Waals surface area contributed by atoms with Gasteiger partial charge in [0.2, 0.25) is 5.91 Å². The molecule has 20 heavy (non-hydrogen) atoms. The third-order valence-corrected chi connectivity index (χ3v) is 5.74. The number of nitrogens with two attached hydrogens (primary N) is 1. The van der Waals surface area contributed by atoms with Gasteiger partial charge in [-0.3, -0.25) is 4.79 Å². The Morgan fingerprint density at radius 1 is 1.30 bits per heavy atom. The maximum atomic E-state index is 12.1. The number of rotatable bonds is 5. The van der Waals surface area contributed by atoms with Crippen molar-refractivity contribution in [2.75, 3.05) is 11.1 Å². The zero-order valence-electron chi connectivity index (χ0n) is 11.3. The number of nitrogens with one attached hydrogen (secondary N) is 1. The fourth-order valence-electron chi connectivity index (χ4n) is 2.52. The second-order valence-electron chi connectivity index (χ2n) is 5.17. The third kappa shape index (κ3) is 3.80. The van der Waals surface area contributed by atoms with Gasteiger partial charge in [-0.1, -0.05) is 25.0 Å². The maximum absolute atomic E-state index is 12.1. The molecular formula is C14H20N2O3S. The summed E-state index contributed by atoms with van der Waals surface area (Å²) in [5, 5.41) is 2.28. The van der Waals surface area contributed by atoms with Gasteiger partial charge >= 0.3 is 0 Å². The number of hydrogen-bond acceptors (Lipinski definition) is 4. The Kier molecular flexibility index (Phi) is 4.77. The quantitative estimate of drug-likeness (QED) is 0.860. The SMILES string of the molecule is NCc1cccc(NC(=O)CS(=O)(=O)C2CCCC2)c1. The molecule has 3 N–H and O–H groups in total. The lowest BCUT2D eigenvalue weighted by atomic mass is 10.2. The van der Waals surface area contributed by atoms with Crippen molar-refractivity contribution in [2.45, 2.75) is 37.5 Å². The molecule has 5 nitrogen and oxygen atoms in total. The number of carbonyl (C=O) groups excluding carboxylic acids is 1. The first-order valence-corrected chi connectivity index (χ1v) is 8.53. The molecule has 6 heteroatoms. The molecule has 0 unspecified atom stereocenters.